The van der Waals surface area contributed by atoms with Gasteiger partial charge in [0.25, 0.3) is 0 Å². The predicted octanol–water partition coefficient (Wildman–Crippen LogP) is 3.36. The van der Waals surface area contributed by atoms with Crippen LogP contribution in [0.25, 0.3) is 22.4 Å². The number of carbonyl (C=O) groups excluding carboxylic acids is 1. The van der Waals surface area contributed by atoms with Gasteiger partial charge in [0.15, 0.2) is 12.0 Å². The number of carbonyl (C=O) groups is 1. The molecule has 2 heterocycles. The Kier molecular flexibility index (Phi) is 4.95. The molecule has 0 radical (unpaired) electrons. The van der Waals surface area contributed by atoms with Gasteiger partial charge in [-0.1, -0.05) is 48.5 Å². The van der Waals surface area contributed by atoms with Gasteiger partial charge in [-0.2, -0.15) is 10.3 Å². The van der Waals surface area contributed by atoms with Crippen molar-refractivity contribution in [1.29, 1.82) is 0 Å². The quantitative estimate of drug-likeness (QED) is 0.698. The largest absolute Gasteiger partial charge is 0.461 e. The monoisotopic (exact) mass is 365 g/mol. The number of hydrogen-bond acceptors (Lipinski definition) is 6. The van der Waals surface area contributed by atoms with Crippen molar-refractivity contribution in [1.82, 2.24) is 15.4 Å². The number of H-pyrrole nitrogens is 1. The first-order valence-electron chi connectivity index (χ1n) is 8.78. The summed E-state index contributed by atoms with van der Waals surface area (Å²) in [6.45, 7) is 3.23. The van der Waals surface area contributed by atoms with E-state index in [-0.39, 0.29) is 18.6 Å². The zero-order valence-corrected chi connectivity index (χ0v) is 14.8. The number of ether oxygens (including phenoxy) is 3. The number of benzene rings is 2. The van der Waals surface area contributed by atoms with Crippen molar-refractivity contribution in [2.24, 2.45) is 0 Å². The minimum atomic E-state index is -0.494. The molecule has 1 N–H and O–H groups in total. The van der Waals surface area contributed by atoms with Gasteiger partial charge in [-0.3, -0.25) is 0 Å². The van der Waals surface area contributed by atoms with Crippen molar-refractivity contribution >= 4 is 5.97 Å². The van der Waals surface area contributed by atoms with Crippen LogP contribution in [-0.2, 0) is 14.2 Å². The summed E-state index contributed by atoms with van der Waals surface area (Å²) in [4.78, 5) is 12.0. The van der Waals surface area contributed by atoms with E-state index in [4.69, 9.17) is 14.2 Å². The first kappa shape index (κ1) is 17.4. The van der Waals surface area contributed by atoms with Gasteiger partial charge in [0.05, 0.1) is 19.8 Å². The lowest BCUT2D eigenvalue weighted by atomic mass is 9.97. The second-order valence-corrected chi connectivity index (χ2v) is 5.98. The molecule has 1 aliphatic rings. The third kappa shape index (κ3) is 3.47. The molecule has 0 aliphatic carbocycles. The summed E-state index contributed by atoms with van der Waals surface area (Å²) in [6, 6.07) is 15.8. The number of nitrogens with one attached hydrogen (secondary N) is 1. The second kappa shape index (κ2) is 7.69. The minimum Gasteiger partial charge on any atom is -0.461 e. The van der Waals surface area contributed by atoms with Crippen molar-refractivity contribution < 1.29 is 19.0 Å². The Morgan fingerprint density at radius 3 is 2.52 bits per heavy atom. The van der Waals surface area contributed by atoms with Gasteiger partial charge in [0.2, 0.25) is 0 Å². The summed E-state index contributed by atoms with van der Waals surface area (Å²) in [7, 11) is 0. The molecule has 1 fully saturated rings. The van der Waals surface area contributed by atoms with Crippen LogP contribution in [0.3, 0.4) is 0 Å². The summed E-state index contributed by atoms with van der Waals surface area (Å²) in [5.74, 6) is -0.494. The van der Waals surface area contributed by atoms with Gasteiger partial charge >= 0.3 is 5.97 Å². The maximum absolute atomic E-state index is 12.0. The van der Waals surface area contributed by atoms with E-state index in [2.05, 4.69) is 15.4 Å². The molecular formula is C20H19N3O4. The second-order valence-electron chi connectivity index (χ2n) is 5.98. The van der Waals surface area contributed by atoms with Gasteiger partial charge in [-0.15, -0.1) is 5.10 Å². The van der Waals surface area contributed by atoms with E-state index in [1.54, 1.807) is 6.92 Å². The van der Waals surface area contributed by atoms with E-state index in [0.29, 0.717) is 18.9 Å². The van der Waals surface area contributed by atoms with Crippen molar-refractivity contribution in [3.05, 3.63) is 59.8 Å². The molecule has 2 aromatic carbocycles. The molecule has 1 aromatic heterocycles. The maximum atomic E-state index is 12.0. The molecule has 4 rings (SSSR count). The number of rotatable bonds is 5. The lowest BCUT2D eigenvalue weighted by Crippen LogP contribution is -2.06. The molecule has 0 saturated carbocycles. The Morgan fingerprint density at radius 1 is 1.07 bits per heavy atom. The first-order chi connectivity index (χ1) is 13.3. The average molecular weight is 365 g/mol. The Balaban J connectivity index is 1.65. The van der Waals surface area contributed by atoms with E-state index in [1.807, 2.05) is 48.5 Å². The summed E-state index contributed by atoms with van der Waals surface area (Å²) in [5.41, 5.74) is 4.49. The molecule has 7 nitrogen and oxygen atoms in total. The van der Waals surface area contributed by atoms with Gasteiger partial charge < -0.3 is 14.2 Å². The zero-order valence-electron chi connectivity index (χ0n) is 14.8. The predicted molar refractivity (Wildman–Crippen MR) is 97.9 cm³/mol. The molecular weight excluding hydrogens is 346 g/mol. The van der Waals surface area contributed by atoms with Crippen LogP contribution in [0.4, 0.5) is 0 Å². The van der Waals surface area contributed by atoms with Crippen LogP contribution in [0.15, 0.2) is 48.5 Å². The van der Waals surface area contributed by atoms with Crippen LogP contribution in [0, 0.1) is 0 Å². The highest BCUT2D eigenvalue weighted by Crippen LogP contribution is 2.33. The van der Waals surface area contributed by atoms with Gasteiger partial charge in [0.1, 0.15) is 5.69 Å². The molecule has 0 atom stereocenters. The highest BCUT2D eigenvalue weighted by atomic mass is 16.7. The van der Waals surface area contributed by atoms with Crippen molar-refractivity contribution in [3.8, 4) is 22.4 Å². The van der Waals surface area contributed by atoms with E-state index < -0.39 is 5.97 Å². The molecule has 7 heteroatoms. The number of hydrogen-bond donors (Lipinski definition) is 1. The molecule has 1 saturated heterocycles. The van der Waals surface area contributed by atoms with Crippen molar-refractivity contribution in [2.75, 3.05) is 19.8 Å². The van der Waals surface area contributed by atoms with Crippen LogP contribution < -0.4 is 0 Å². The third-order valence-electron chi connectivity index (χ3n) is 4.32. The Labute approximate surface area is 156 Å². The summed E-state index contributed by atoms with van der Waals surface area (Å²) in [5, 5.41) is 10.5. The smallest absolute Gasteiger partial charge is 0.361 e. The van der Waals surface area contributed by atoms with Crippen molar-refractivity contribution in [2.45, 2.75) is 13.2 Å². The summed E-state index contributed by atoms with van der Waals surface area (Å²) in [6.07, 6.45) is -0.341. The molecule has 27 heavy (non-hydrogen) atoms. The molecule has 138 valence electrons. The van der Waals surface area contributed by atoms with E-state index in [0.717, 1.165) is 22.3 Å². The fourth-order valence-electron chi connectivity index (χ4n) is 3.09. The molecule has 3 aromatic rings. The maximum Gasteiger partial charge on any atom is 0.361 e. The number of aromatic nitrogens is 3. The average Bonchev–Trinajstić information content (AvgIpc) is 3.40. The fourth-order valence-corrected chi connectivity index (χ4v) is 3.09. The first-order valence-corrected chi connectivity index (χ1v) is 8.78. The number of esters is 1. The lowest BCUT2D eigenvalue weighted by Gasteiger charge is -2.15. The third-order valence-corrected chi connectivity index (χ3v) is 4.32. The summed E-state index contributed by atoms with van der Waals surface area (Å²) >= 11 is 0. The van der Waals surface area contributed by atoms with Crippen LogP contribution in [0.5, 0.6) is 0 Å². The molecule has 1 aliphatic heterocycles. The SMILES string of the molecule is CCOC(=O)c1n[nH]nc1-c1ccc(-c2ccccc2C2OCCO2)cc1. The van der Waals surface area contributed by atoms with Crippen LogP contribution in [0.2, 0.25) is 0 Å². The van der Waals surface area contributed by atoms with Gasteiger partial charge in [-0.25, -0.2) is 4.79 Å². The van der Waals surface area contributed by atoms with E-state index >= 15 is 0 Å². The van der Waals surface area contributed by atoms with Crippen LogP contribution in [-0.4, -0.2) is 41.2 Å². The summed E-state index contributed by atoms with van der Waals surface area (Å²) < 4.78 is 16.3. The molecule has 0 unspecified atom stereocenters. The van der Waals surface area contributed by atoms with Gasteiger partial charge in [0, 0.05) is 11.1 Å². The van der Waals surface area contributed by atoms with Gasteiger partial charge in [-0.05, 0) is 18.1 Å². The molecule has 0 spiro atoms. The Morgan fingerprint density at radius 2 is 1.78 bits per heavy atom. The fraction of sp³-hybridized carbons (Fsp3) is 0.250. The van der Waals surface area contributed by atoms with Crippen LogP contribution >= 0.6 is 0 Å². The number of aromatic amines is 1. The number of nitrogens with zero attached hydrogens (tertiary/aromatic N) is 2. The lowest BCUT2D eigenvalue weighted by molar-refractivity contribution is -0.0436. The topological polar surface area (TPSA) is 86.3 Å². The Bertz CT molecular complexity index is 930. The van der Waals surface area contributed by atoms with Crippen LogP contribution in [0.1, 0.15) is 29.3 Å². The highest BCUT2D eigenvalue weighted by Gasteiger charge is 2.22. The van der Waals surface area contributed by atoms with E-state index in [1.165, 1.54) is 0 Å². The zero-order chi connectivity index (χ0) is 18.6. The molecule has 0 amide bonds. The Hall–Kier alpha value is -3.03. The highest BCUT2D eigenvalue weighted by molar-refractivity contribution is 5.94. The normalized spacial score (nSPS) is 14.4. The van der Waals surface area contributed by atoms with Crippen molar-refractivity contribution in [3.63, 3.8) is 0 Å². The minimum absolute atomic E-state index is 0.178. The molecule has 0 bridgehead atoms. The van der Waals surface area contributed by atoms with E-state index in [9.17, 15) is 4.79 Å². The standard InChI is InChI=1S/C20H19N3O4/c1-2-25-19(24)18-17(21-23-22-18)14-9-7-13(8-10-14)15-5-3-4-6-16(15)20-26-11-12-27-20/h3-10,20H,2,11-12H2,1H3,(H,21,22,23).